The Morgan fingerprint density at radius 2 is 1.77 bits per heavy atom. The molecular weight excluding hydrogens is 426 g/mol. The minimum atomic E-state index is -0.857. The highest BCUT2D eigenvalue weighted by Gasteiger charge is 2.39. The minimum Gasteiger partial charge on any atom is -0.482 e. The van der Waals surface area contributed by atoms with Crippen LogP contribution in [0.3, 0.4) is 0 Å². The van der Waals surface area contributed by atoms with Crippen molar-refractivity contribution in [1.82, 2.24) is 4.90 Å². The van der Waals surface area contributed by atoms with Crippen molar-refractivity contribution in [2.24, 2.45) is 0 Å². The molecule has 31 heavy (non-hydrogen) atoms. The van der Waals surface area contributed by atoms with Gasteiger partial charge < -0.3 is 14.7 Å². The lowest BCUT2D eigenvalue weighted by molar-refractivity contribution is -0.139. The lowest BCUT2D eigenvalue weighted by atomic mass is 9.83. The average molecular weight is 451 g/mol. The molecule has 0 atom stereocenters. The molecule has 5 nitrogen and oxygen atoms in total. The predicted octanol–water partition coefficient (Wildman–Crippen LogP) is 4.20. The van der Waals surface area contributed by atoms with E-state index in [0.717, 1.165) is 11.1 Å². The number of rotatable bonds is 4. The third-order valence-corrected chi connectivity index (χ3v) is 5.73. The SMILES string of the molecule is CN(C)c1c(F)cc(C2=CC3(CCN(CC(=O)O)CC3)Oc3ccccc32)cc1F.Cl. The van der Waals surface area contributed by atoms with Crippen molar-refractivity contribution >= 4 is 29.6 Å². The van der Waals surface area contributed by atoms with Gasteiger partial charge in [0.15, 0.2) is 0 Å². The van der Waals surface area contributed by atoms with Crippen LogP contribution >= 0.6 is 12.4 Å². The highest BCUT2D eigenvalue weighted by Crippen LogP contribution is 2.44. The summed E-state index contributed by atoms with van der Waals surface area (Å²) in [5.41, 5.74) is 1.26. The highest BCUT2D eigenvalue weighted by molar-refractivity contribution is 5.86. The molecule has 2 aromatic rings. The first kappa shape index (κ1) is 23.0. The van der Waals surface area contributed by atoms with Crippen LogP contribution in [0.2, 0.25) is 0 Å². The van der Waals surface area contributed by atoms with E-state index in [-0.39, 0.29) is 24.6 Å². The molecule has 2 heterocycles. The number of para-hydroxylation sites is 1. The first-order valence-electron chi connectivity index (χ1n) is 9.90. The Morgan fingerprint density at radius 1 is 1.16 bits per heavy atom. The zero-order valence-electron chi connectivity index (χ0n) is 17.4. The van der Waals surface area contributed by atoms with Crippen LogP contribution in [0.1, 0.15) is 24.0 Å². The van der Waals surface area contributed by atoms with Crippen LogP contribution in [0.15, 0.2) is 42.5 Å². The van der Waals surface area contributed by atoms with Crippen LogP contribution in [0.4, 0.5) is 14.5 Å². The fourth-order valence-corrected chi connectivity index (χ4v) is 4.28. The molecular formula is C23H25ClF2N2O3. The van der Waals surface area contributed by atoms with E-state index in [2.05, 4.69) is 0 Å². The summed E-state index contributed by atoms with van der Waals surface area (Å²) in [4.78, 5) is 14.3. The molecule has 1 N–H and O–H groups in total. The van der Waals surface area contributed by atoms with E-state index in [4.69, 9.17) is 9.84 Å². The molecule has 0 radical (unpaired) electrons. The van der Waals surface area contributed by atoms with E-state index in [0.29, 0.717) is 37.2 Å². The molecule has 1 fully saturated rings. The minimum absolute atomic E-state index is 0. The van der Waals surface area contributed by atoms with Crippen molar-refractivity contribution in [3.63, 3.8) is 0 Å². The average Bonchev–Trinajstić information content (AvgIpc) is 2.68. The number of hydrogen-bond acceptors (Lipinski definition) is 4. The Hall–Kier alpha value is -2.64. The third-order valence-electron chi connectivity index (χ3n) is 5.73. The molecule has 1 spiro atoms. The third kappa shape index (κ3) is 4.52. The number of carboxylic acid groups (broad SMARTS) is 1. The lowest BCUT2D eigenvalue weighted by Gasteiger charge is -2.42. The van der Waals surface area contributed by atoms with Crippen LogP contribution in [-0.2, 0) is 4.79 Å². The summed E-state index contributed by atoms with van der Waals surface area (Å²) in [6.07, 6.45) is 3.15. The molecule has 4 rings (SSSR count). The van der Waals surface area contributed by atoms with E-state index in [1.807, 2.05) is 35.2 Å². The number of aliphatic carboxylic acids is 1. The van der Waals surface area contributed by atoms with Crippen molar-refractivity contribution in [2.75, 3.05) is 38.6 Å². The molecule has 0 unspecified atom stereocenters. The number of anilines is 1. The van der Waals surface area contributed by atoms with Crippen LogP contribution in [-0.4, -0.2) is 55.3 Å². The number of benzene rings is 2. The molecule has 1 saturated heterocycles. The van der Waals surface area contributed by atoms with Crippen molar-refractivity contribution in [2.45, 2.75) is 18.4 Å². The number of carbonyl (C=O) groups is 1. The largest absolute Gasteiger partial charge is 0.482 e. The maximum absolute atomic E-state index is 14.7. The summed E-state index contributed by atoms with van der Waals surface area (Å²) in [5, 5.41) is 9.04. The maximum Gasteiger partial charge on any atom is 0.317 e. The van der Waals surface area contributed by atoms with E-state index in [1.165, 1.54) is 17.0 Å². The molecule has 2 aliphatic heterocycles. The monoisotopic (exact) mass is 450 g/mol. The van der Waals surface area contributed by atoms with Gasteiger partial charge in [-0.15, -0.1) is 12.4 Å². The summed E-state index contributed by atoms with van der Waals surface area (Å²) in [5.74, 6) is -1.43. The molecule has 8 heteroatoms. The molecule has 166 valence electrons. The van der Waals surface area contributed by atoms with Gasteiger partial charge in [0.1, 0.15) is 28.7 Å². The van der Waals surface area contributed by atoms with Gasteiger partial charge in [-0.3, -0.25) is 9.69 Å². The normalized spacial score (nSPS) is 17.2. The van der Waals surface area contributed by atoms with Crippen LogP contribution < -0.4 is 9.64 Å². The molecule has 0 saturated carbocycles. The summed E-state index contributed by atoms with van der Waals surface area (Å²) in [6, 6.07) is 10.2. The second kappa shape index (κ2) is 8.85. The zero-order chi connectivity index (χ0) is 21.5. The molecule has 0 amide bonds. The van der Waals surface area contributed by atoms with Crippen molar-refractivity contribution < 1.29 is 23.4 Å². The first-order valence-corrected chi connectivity index (χ1v) is 9.90. The number of piperidine rings is 1. The second-order valence-electron chi connectivity index (χ2n) is 8.07. The van der Waals surface area contributed by atoms with Gasteiger partial charge >= 0.3 is 5.97 Å². The topological polar surface area (TPSA) is 53.0 Å². The maximum atomic E-state index is 14.7. The zero-order valence-corrected chi connectivity index (χ0v) is 18.2. The summed E-state index contributed by atoms with van der Waals surface area (Å²) in [7, 11) is 3.20. The van der Waals surface area contributed by atoms with Crippen molar-refractivity contribution in [3.8, 4) is 5.75 Å². The quantitative estimate of drug-likeness (QED) is 0.756. The number of likely N-dealkylation sites (tertiary alicyclic amines) is 1. The van der Waals surface area contributed by atoms with Gasteiger partial charge in [0, 0.05) is 45.6 Å². The Morgan fingerprint density at radius 3 is 2.35 bits per heavy atom. The standard InChI is InChI=1S/C23H24F2N2O3.ClH/c1-26(2)22-18(24)11-15(12-19(22)25)17-13-23(30-20-6-4-3-5-16(17)20)7-9-27(10-8-23)14-21(28)29;/h3-6,11-13H,7-10,14H2,1-2H3,(H,28,29);1H. The number of carboxylic acids is 1. The first-order chi connectivity index (χ1) is 14.3. The van der Waals surface area contributed by atoms with E-state index < -0.39 is 23.2 Å². The Balaban J connectivity index is 0.00000272. The summed E-state index contributed by atoms with van der Waals surface area (Å²) in [6.45, 7) is 1.13. The van der Waals surface area contributed by atoms with Crippen LogP contribution in [0, 0.1) is 11.6 Å². The van der Waals surface area contributed by atoms with E-state index >= 15 is 0 Å². The molecule has 2 aliphatic rings. The summed E-state index contributed by atoms with van der Waals surface area (Å²) < 4.78 is 35.7. The van der Waals surface area contributed by atoms with Gasteiger partial charge in [-0.05, 0) is 35.4 Å². The Labute approximate surface area is 186 Å². The highest BCUT2D eigenvalue weighted by atomic mass is 35.5. The molecule has 2 aromatic carbocycles. The Bertz CT molecular complexity index is 995. The van der Waals surface area contributed by atoms with Gasteiger partial charge in [-0.1, -0.05) is 18.2 Å². The van der Waals surface area contributed by atoms with Gasteiger partial charge in [-0.25, -0.2) is 8.78 Å². The number of fused-ring (bicyclic) bond motifs is 1. The van der Waals surface area contributed by atoms with E-state index in [1.54, 1.807) is 14.1 Å². The van der Waals surface area contributed by atoms with Crippen LogP contribution in [0.25, 0.3) is 5.57 Å². The van der Waals surface area contributed by atoms with Gasteiger partial charge in [0.05, 0.1) is 6.54 Å². The van der Waals surface area contributed by atoms with Gasteiger partial charge in [0.2, 0.25) is 0 Å². The summed E-state index contributed by atoms with van der Waals surface area (Å²) >= 11 is 0. The second-order valence-corrected chi connectivity index (χ2v) is 8.07. The van der Waals surface area contributed by atoms with Crippen molar-refractivity contribution in [1.29, 1.82) is 0 Å². The van der Waals surface area contributed by atoms with Crippen LogP contribution in [0.5, 0.6) is 5.75 Å². The van der Waals surface area contributed by atoms with Gasteiger partial charge in [-0.2, -0.15) is 0 Å². The molecule has 0 aromatic heterocycles. The number of ether oxygens (including phenoxy) is 1. The Kier molecular flexibility index (Phi) is 6.57. The lowest BCUT2D eigenvalue weighted by Crippen LogP contribution is -2.49. The fraction of sp³-hybridized carbons (Fsp3) is 0.348. The van der Waals surface area contributed by atoms with Crippen molar-refractivity contribution in [3.05, 3.63) is 65.2 Å². The van der Waals surface area contributed by atoms with E-state index in [9.17, 15) is 13.6 Å². The molecule has 0 aliphatic carbocycles. The predicted molar refractivity (Wildman–Crippen MR) is 118 cm³/mol. The number of hydrogen-bond donors (Lipinski definition) is 1. The van der Waals surface area contributed by atoms with Gasteiger partial charge in [0.25, 0.3) is 0 Å². The fourth-order valence-electron chi connectivity index (χ4n) is 4.28. The number of halogens is 3. The molecule has 0 bridgehead atoms. The number of nitrogens with zero attached hydrogens (tertiary/aromatic N) is 2. The smallest absolute Gasteiger partial charge is 0.317 e.